The number of benzene rings is 1. The first-order valence-corrected chi connectivity index (χ1v) is 13.1. The van der Waals surface area contributed by atoms with Crippen molar-refractivity contribution in [3.63, 3.8) is 0 Å². The molecule has 4 rings (SSSR count). The minimum Gasteiger partial charge on any atom is -0.579 e. The quantitative estimate of drug-likeness (QED) is 0.575. The van der Waals surface area contributed by atoms with Crippen LogP contribution in [0.25, 0.3) is 0 Å². The van der Waals surface area contributed by atoms with Crippen molar-refractivity contribution in [2.24, 2.45) is 5.92 Å². The maximum Gasteiger partial charge on any atom is 0.260 e. The molecule has 33 heavy (non-hydrogen) atoms. The summed E-state index contributed by atoms with van der Waals surface area (Å²) < 4.78 is 51.3. The number of hydrogen-bond donors (Lipinski definition) is 1. The van der Waals surface area contributed by atoms with Gasteiger partial charge in [-0.3, -0.25) is 4.79 Å². The van der Waals surface area contributed by atoms with Crippen LogP contribution >= 0.6 is 0 Å². The highest BCUT2D eigenvalue weighted by atomic mass is 32.2. The van der Waals surface area contributed by atoms with Crippen molar-refractivity contribution in [3.05, 3.63) is 35.6 Å². The van der Waals surface area contributed by atoms with E-state index in [2.05, 4.69) is 4.72 Å². The van der Waals surface area contributed by atoms with Gasteiger partial charge >= 0.3 is 0 Å². The zero-order valence-corrected chi connectivity index (χ0v) is 20.3. The third-order valence-corrected chi connectivity index (χ3v) is 8.39. The molecule has 3 fully saturated rings. The molecule has 3 aliphatic rings. The molecule has 9 heteroatoms. The van der Waals surface area contributed by atoms with Crippen molar-refractivity contribution in [1.29, 1.82) is 0 Å². The molecule has 1 amide bonds. The Morgan fingerprint density at radius 3 is 2.64 bits per heavy atom. The standard InChI is InChI=1S/C24H35F2N3O3S/c1-28(2)33(31)27-22-10-13-29(23(30)24(26)11-12-24)15-19(22)16-32-21-8-6-17(7-9-21)18-4-3-5-20(25)14-18/h3-5,14,17,19,21-22,27H,6-13,15-16H2,1-2H3/t17-,19?,21+,22?,33?. The smallest absolute Gasteiger partial charge is 0.260 e. The molecule has 0 bridgehead atoms. The predicted molar refractivity (Wildman–Crippen MR) is 124 cm³/mol. The van der Waals surface area contributed by atoms with Gasteiger partial charge in [0, 0.05) is 33.1 Å². The highest BCUT2D eigenvalue weighted by Gasteiger charge is 2.53. The minimum absolute atomic E-state index is 0.0603. The van der Waals surface area contributed by atoms with Crippen molar-refractivity contribution in [3.8, 4) is 0 Å². The van der Waals surface area contributed by atoms with Crippen LogP contribution in [0.5, 0.6) is 0 Å². The van der Waals surface area contributed by atoms with Crippen LogP contribution in [0.4, 0.5) is 8.78 Å². The van der Waals surface area contributed by atoms with Crippen molar-refractivity contribution in [2.75, 3.05) is 33.8 Å². The van der Waals surface area contributed by atoms with Gasteiger partial charge in [0.1, 0.15) is 17.4 Å². The van der Waals surface area contributed by atoms with Gasteiger partial charge in [-0.05, 0) is 68.6 Å². The fourth-order valence-corrected chi connectivity index (χ4v) is 5.75. The highest BCUT2D eigenvalue weighted by Crippen LogP contribution is 2.42. The summed E-state index contributed by atoms with van der Waals surface area (Å²) in [5.74, 6) is -0.318. The third-order valence-electron chi connectivity index (χ3n) is 7.22. The summed E-state index contributed by atoms with van der Waals surface area (Å²) in [5, 5.41) is 0. The summed E-state index contributed by atoms with van der Waals surface area (Å²) in [6.07, 6.45) is 5.02. The van der Waals surface area contributed by atoms with Gasteiger partial charge in [-0.1, -0.05) is 12.1 Å². The maximum absolute atomic E-state index is 14.4. The average Bonchev–Trinajstić information content (AvgIpc) is 3.56. The lowest BCUT2D eigenvalue weighted by Crippen LogP contribution is -2.56. The Hall–Kier alpha value is -1.26. The molecule has 3 atom stereocenters. The SMILES string of the molecule is CN(C)[S+]([O-])NC1CCN(C(=O)C2(F)CC2)CC1CO[C@H]1CC[C@@H](c2cccc(F)c2)CC1. The van der Waals surface area contributed by atoms with Crippen LogP contribution in [0, 0.1) is 11.7 Å². The second kappa shape index (κ2) is 10.6. The van der Waals surface area contributed by atoms with Gasteiger partial charge in [-0.2, -0.15) is 0 Å². The van der Waals surface area contributed by atoms with Crippen molar-refractivity contribution >= 4 is 17.5 Å². The number of alkyl halides is 1. The van der Waals surface area contributed by atoms with Gasteiger partial charge < -0.3 is 14.2 Å². The number of amides is 1. The molecule has 1 aromatic carbocycles. The van der Waals surface area contributed by atoms with E-state index < -0.39 is 23.1 Å². The topological polar surface area (TPSA) is 67.9 Å². The largest absolute Gasteiger partial charge is 0.579 e. The number of nitrogens with one attached hydrogen (secondary N) is 1. The Balaban J connectivity index is 1.32. The Kier molecular flexibility index (Phi) is 7.95. The Labute approximate surface area is 198 Å². The molecule has 2 aliphatic carbocycles. The van der Waals surface area contributed by atoms with E-state index >= 15 is 0 Å². The second-order valence-electron chi connectivity index (χ2n) is 9.91. The Bertz CT molecular complexity index is 818. The first-order valence-electron chi connectivity index (χ1n) is 12.0. The fourth-order valence-electron chi connectivity index (χ4n) is 4.97. The van der Waals surface area contributed by atoms with E-state index in [0.717, 1.165) is 31.2 Å². The van der Waals surface area contributed by atoms with E-state index in [1.165, 1.54) is 6.07 Å². The number of halogens is 2. The van der Waals surface area contributed by atoms with E-state index in [1.807, 2.05) is 6.07 Å². The molecule has 1 heterocycles. The number of likely N-dealkylation sites (tertiary alicyclic amines) is 1. The minimum atomic E-state index is -1.67. The van der Waals surface area contributed by atoms with Crippen LogP contribution in [0.15, 0.2) is 24.3 Å². The van der Waals surface area contributed by atoms with E-state index in [-0.39, 0.29) is 23.9 Å². The molecule has 184 valence electrons. The van der Waals surface area contributed by atoms with Crippen LogP contribution in [0.2, 0.25) is 0 Å². The summed E-state index contributed by atoms with van der Waals surface area (Å²) in [4.78, 5) is 14.2. The van der Waals surface area contributed by atoms with E-state index in [1.54, 1.807) is 35.4 Å². The average molecular weight is 484 g/mol. The van der Waals surface area contributed by atoms with E-state index in [9.17, 15) is 18.1 Å². The summed E-state index contributed by atoms with van der Waals surface area (Å²) in [6, 6.07) is 6.77. The molecule has 0 aromatic heterocycles. The van der Waals surface area contributed by atoms with Gasteiger partial charge in [0.2, 0.25) is 0 Å². The van der Waals surface area contributed by atoms with Crippen LogP contribution in [-0.4, -0.2) is 71.3 Å². The van der Waals surface area contributed by atoms with Gasteiger partial charge in [-0.25, -0.2) is 8.78 Å². The molecular weight excluding hydrogens is 448 g/mol. The predicted octanol–water partition coefficient (Wildman–Crippen LogP) is 3.32. The van der Waals surface area contributed by atoms with Crippen molar-refractivity contribution < 1.29 is 22.9 Å². The molecule has 1 aliphatic heterocycles. The number of carbonyl (C=O) groups is 1. The number of carbonyl (C=O) groups excluding carboxylic acids is 1. The molecule has 1 N–H and O–H groups in total. The summed E-state index contributed by atoms with van der Waals surface area (Å²) in [5.41, 5.74) is -0.626. The summed E-state index contributed by atoms with van der Waals surface area (Å²) >= 11 is -1.33. The molecule has 1 saturated heterocycles. The van der Waals surface area contributed by atoms with Crippen molar-refractivity contribution in [1.82, 2.24) is 13.9 Å². The molecule has 1 aromatic rings. The fraction of sp³-hybridized carbons (Fsp3) is 0.708. The maximum atomic E-state index is 14.4. The lowest BCUT2D eigenvalue weighted by Gasteiger charge is -2.40. The monoisotopic (exact) mass is 483 g/mol. The number of ether oxygens (including phenoxy) is 1. The number of piperidine rings is 1. The van der Waals surface area contributed by atoms with Crippen LogP contribution in [0.3, 0.4) is 0 Å². The van der Waals surface area contributed by atoms with Gasteiger partial charge in [0.05, 0.1) is 18.8 Å². The van der Waals surface area contributed by atoms with E-state index in [0.29, 0.717) is 44.9 Å². The number of hydrogen-bond acceptors (Lipinski definition) is 5. The Morgan fingerprint density at radius 2 is 2.00 bits per heavy atom. The normalized spacial score (nSPS) is 30.3. The molecule has 3 unspecified atom stereocenters. The van der Waals surface area contributed by atoms with Gasteiger partial charge in [0.25, 0.3) is 5.91 Å². The summed E-state index contributed by atoms with van der Waals surface area (Å²) in [7, 11) is 3.48. The van der Waals surface area contributed by atoms with Crippen LogP contribution in [0.1, 0.15) is 56.4 Å². The third kappa shape index (κ3) is 6.25. The highest BCUT2D eigenvalue weighted by molar-refractivity contribution is 7.87. The van der Waals surface area contributed by atoms with E-state index in [4.69, 9.17) is 4.74 Å². The summed E-state index contributed by atoms with van der Waals surface area (Å²) in [6.45, 7) is 1.30. The Morgan fingerprint density at radius 1 is 1.27 bits per heavy atom. The zero-order chi connectivity index (χ0) is 23.6. The lowest BCUT2D eigenvalue weighted by molar-refractivity contribution is -0.141. The van der Waals surface area contributed by atoms with Crippen LogP contribution < -0.4 is 4.72 Å². The first-order chi connectivity index (χ1) is 15.7. The molecule has 2 saturated carbocycles. The molecular formula is C24H35F2N3O3S. The molecule has 0 radical (unpaired) electrons. The number of rotatable bonds is 8. The zero-order valence-electron chi connectivity index (χ0n) is 19.5. The molecule has 0 spiro atoms. The van der Waals surface area contributed by atoms with Gasteiger partial charge in [0.15, 0.2) is 5.67 Å². The first kappa shape index (κ1) is 24.9. The van der Waals surface area contributed by atoms with Crippen molar-refractivity contribution in [2.45, 2.75) is 68.7 Å². The van der Waals surface area contributed by atoms with Gasteiger partial charge in [-0.15, -0.1) is 9.03 Å². The molecule has 6 nitrogen and oxygen atoms in total. The van der Waals surface area contributed by atoms with Crippen LogP contribution in [-0.2, 0) is 21.1 Å². The lowest BCUT2D eigenvalue weighted by atomic mass is 9.82. The second-order valence-corrected chi connectivity index (χ2v) is 11.4. The number of nitrogens with zero attached hydrogens (tertiary/aromatic N) is 2.